The second-order valence-corrected chi connectivity index (χ2v) is 6.32. The molecule has 0 saturated carbocycles. The van der Waals surface area contributed by atoms with Crippen LogP contribution in [0.25, 0.3) is 0 Å². The third-order valence-electron chi connectivity index (χ3n) is 3.73. The Morgan fingerprint density at radius 2 is 1.88 bits per heavy atom. The third-order valence-corrected chi connectivity index (χ3v) is 3.98. The van der Waals surface area contributed by atoms with Crippen molar-refractivity contribution < 1.29 is 9.59 Å². The predicted molar refractivity (Wildman–Crippen MR) is 101 cm³/mol. The number of carbonyl (C=O) groups is 2. The van der Waals surface area contributed by atoms with Crippen molar-refractivity contribution >= 4 is 29.1 Å². The van der Waals surface area contributed by atoms with E-state index in [0.29, 0.717) is 18.1 Å². The Morgan fingerprint density at radius 3 is 2.52 bits per heavy atom. The summed E-state index contributed by atoms with van der Waals surface area (Å²) in [6, 6.07) is 15.1. The van der Waals surface area contributed by atoms with Crippen molar-refractivity contribution in [3.63, 3.8) is 0 Å². The summed E-state index contributed by atoms with van der Waals surface area (Å²) in [5, 5.41) is 3.54. The SMILES string of the molecule is Cc1cccc(N(CCC(N)=O)CC(=O)NCc2ccc(Cl)cc2)c1. The molecular weight excluding hydrogens is 338 g/mol. The van der Waals surface area contributed by atoms with Crippen LogP contribution in [-0.4, -0.2) is 24.9 Å². The Bertz CT molecular complexity index is 732. The van der Waals surface area contributed by atoms with Crippen molar-refractivity contribution in [1.82, 2.24) is 5.32 Å². The number of hydrogen-bond acceptors (Lipinski definition) is 3. The maximum atomic E-state index is 12.3. The molecule has 0 aliphatic rings. The van der Waals surface area contributed by atoms with E-state index in [4.69, 9.17) is 17.3 Å². The van der Waals surface area contributed by atoms with Crippen LogP contribution in [0.5, 0.6) is 0 Å². The van der Waals surface area contributed by atoms with E-state index in [1.807, 2.05) is 48.2 Å². The number of anilines is 1. The zero-order valence-corrected chi connectivity index (χ0v) is 14.9. The first-order chi connectivity index (χ1) is 11.9. The number of aryl methyl sites for hydroxylation is 1. The summed E-state index contributed by atoms with van der Waals surface area (Å²) in [7, 11) is 0. The molecule has 0 unspecified atom stereocenters. The highest BCUT2D eigenvalue weighted by atomic mass is 35.5. The van der Waals surface area contributed by atoms with E-state index in [1.54, 1.807) is 12.1 Å². The maximum absolute atomic E-state index is 12.3. The van der Waals surface area contributed by atoms with E-state index in [2.05, 4.69) is 5.32 Å². The average Bonchev–Trinajstić information content (AvgIpc) is 2.58. The largest absolute Gasteiger partial charge is 0.370 e. The van der Waals surface area contributed by atoms with Gasteiger partial charge in [-0.1, -0.05) is 35.9 Å². The van der Waals surface area contributed by atoms with Crippen LogP contribution >= 0.6 is 11.6 Å². The minimum atomic E-state index is -0.390. The van der Waals surface area contributed by atoms with Crippen molar-refractivity contribution in [2.24, 2.45) is 5.73 Å². The van der Waals surface area contributed by atoms with Gasteiger partial charge in [-0.2, -0.15) is 0 Å². The lowest BCUT2D eigenvalue weighted by molar-refractivity contribution is -0.120. The fraction of sp³-hybridized carbons (Fsp3) is 0.263. The van der Waals surface area contributed by atoms with Gasteiger partial charge in [-0.3, -0.25) is 9.59 Å². The number of benzene rings is 2. The van der Waals surface area contributed by atoms with Crippen molar-refractivity contribution in [2.45, 2.75) is 19.9 Å². The fourth-order valence-electron chi connectivity index (χ4n) is 2.40. The molecule has 0 aromatic heterocycles. The van der Waals surface area contributed by atoms with Gasteiger partial charge in [-0.15, -0.1) is 0 Å². The Kier molecular flexibility index (Phi) is 6.83. The van der Waals surface area contributed by atoms with Crippen molar-refractivity contribution in [3.05, 3.63) is 64.7 Å². The number of amides is 2. The first-order valence-corrected chi connectivity index (χ1v) is 8.43. The number of nitrogens with two attached hydrogens (primary N) is 1. The van der Waals surface area contributed by atoms with E-state index >= 15 is 0 Å². The summed E-state index contributed by atoms with van der Waals surface area (Å²) in [6.45, 7) is 2.96. The molecule has 0 radical (unpaired) electrons. The highest BCUT2D eigenvalue weighted by Gasteiger charge is 2.13. The first-order valence-electron chi connectivity index (χ1n) is 8.05. The normalized spacial score (nSPS) is 10.3. The summed E-state index contributed by atoms with van der Waals surface area (Å²) >= 11 is 5.85. The minimum absolute atomic E-state index is 0.124. The van der Waals surface area contributed by atoms with Gasteiger partial charge in [0.1, 0.15) is 0 Å². The van der Waals surface area contributed by atoms with Crippen LogP contribution in [0.15, 0.2) is 48.5 Å². The summed E-state index contributed by atoms with van der Waals surface area (Å²) in [4.78, 5) is 25.3. The van der Waals surface area contributed by atoms with Gasteiger partial charge in [0.2, 0.25) is 11.8 Å². The van der Waals surface area contributed by atoms with E-state index in [-0.39, 0.29) is 24.8 Å². The van der Waals surface area contributed by atoms with Crippen LogP contribution in [0.2, 0.25) is 5.02 Å². The van der Waals surface area contributed by atoms with E-state index < -0.39 is 0 Å². The van der Waals surface area contributed by atoms with Crippen LogP contribution in [0.1, 0.15) is 17.5 Å². The standard InChI is InChI=1S/C19H22ClN3O2/c1-14-3-2-4-17(11-14)23(10-9-18(21)24)13-19(25)22-12-15-5-7-16(20)8-6-15/h2-8,11H,9-10,12-13H2,1H3,(H2,21,24)(H,22,25). The van der Waals surface area contributed by atoms with Crippen LogP contribution in [-0.2, 0) is 16.1 Å². The predicted octanol–water partition coefficient (Wildman–Crippen LogP) is 2.65. The molecule has 2 aromatic carbocycles. The van der Waals surface area contributed by atoms with Gasteiger partial charge in [0, 0.05) is 30.2 Å². The number of rotatable bonds is 8. The molecule has 0 aliphatic heterocycles. The van der Waals surface area contributed by atoms with Gasteiger partial charge in [0.05, 0.1) is 6.54 Å². The number of halogens is 1. The van der Waals surface area contributed by atoms with Crippen molar-refractivity contribution in [1.29, 1.82) is 0 Å². The molecule has 0 saturated heterocycles. The Labute approximate surface area is 152 Å². The maximum Gasteiger partial charge on any atom is 0.239 e. The van der Waals surface area contributed by atoms with Crippen molar-refractivity contribution in [2.75, 3.05) is 18.0 Å². The van der Waals surface area contributed by atoms with Crippen LogP contribution in [0.3, 0.4) is 0 Å². The van der Waals surface area contributed by atoms with Gasteiger partial charge in [0.25, 0.3) is 0 Å². The number of primary amides is 1. The van der Waals surface area contributed by atoms with E-state index in [0.717, 1.165) is 16.8 Å². The third kappa shape index (κ3) is 6.47. The molecule has 0 aliphatic carbocycles. The Hall–Kier alpha value is -2.53. The zero-order chi connectivity index (χ0) is 18.2. The molecule has 2 amide bonds. The smallest absolute Gasteiger partial charge is 0.239 e. The van der Waals surface area contributed by atoms with Crippen LogP contribution in [0.4, 0.5) is 5.69 Å². The lowest BCUT2D eigenvalue weighted by Crippen LogP contribution is -2.38. The summed E-state index contributed by atoms with van der Waals surface area (Å²) in [5.74, 6) is -0.514. The molecule has 0 atom stereocenters. The zero-order valence-electron chi connectivity index (χ0n) is 14.2. The van der Waals surface area contributed by atoms with Gasteiger partial charge < -0.3 is 16.0 Å². The highest BCUT2D eigenvalue weighted by Crippen LogP contribution is 2.16. The second-order valence-electron chi connectivity index (χ2n) is 5.88. The topological polar surface area (TPSA) is 75.4 Å². The molecule has 25 heavy (non-hydrogen) atoms. The van der Waals surface area contributed by atoms with Gasteiger partial charge in [0.15, 0.2) is 0 Å². The molecule has 0 spiro atoms. The quantitative estimate of drug-likeness (QED) is 0.760. The lowest BCUT2D eigenvalue weighted by Gasteiger charge is -2.24. The van der Waals surface area contributed by atoms with Gasteiger partial charge in [-0.05, 0) is 42.3 Å². The molecule has 0 heterocycles. The highest BCUT2D eigenvalue weighted by molar-refractivity contribution is 6.30. The summed E-state index contributed by atoms with van der Waals surface area (Å²) in [5.41, 5.74) is 8.20. The minimum Gasteiger partial charge on any atom is -0.370 e. The molecule has 132 valence electrons. The number of hydrogen-bond donors (Lipinski definition) is 2. The Morgan fingerprint density at radius 1 is 1.16 bits per heavy atom. The summed E-state index contributed by atoms with van der Waals surface area (Å²) < 4.78 is 0. The Balaban J connectivity index is 1.98. The molecule has 3 N–H and O–H groups in total. The lowest BCUT2D eigenvalue weighted by atomic mass is 10.2. The first kappa shape index (κ1) is 18.8. The molecule has 5 nitrogen and oxygen atoms in total. The van der Waals surface area contributed by atoms with Gasteiger partial charge in [-0.25, -0.2) is 0 Å². The van der Waals surface area contributed by atoms with Crippen LogP contribution < -0.4 is 16.0 Å². The van der Waals surface area contributed by atoms with E-state index in [1.165, 1.54) is 0 Å². The molecule has 6 heteroatoms. The van der Waals surface area contributed by atoms with Crippen LogP contribution in [0, 0.1) is 6.92 Å². The van der Waals surface area contributed by atoms with Crippen molar-refractivity contribution in [3.8, 4) is 0 Å². The molecule has 0 fully saturated rings. The molecule has 2 rings (SSSR count). The monoisotopic (exact) mass is 359 g/mol. The molecular formula is C19H22ClN3O2. The van der Waals surface area contributed by atoms with Gasteiger partial charge >= 0.3 is 0 Å². The summed E-state index contributed by atoms with van der Waals surface area (Å²) in [6.07, 6.45) is 0.193. The second kappa shape index (κ2) is 9.08. The number of nitrogens with one attached hydrogen (secondary N) is 1. The molecule has 0 bridgehead atoms. The van der Waals surface area contributed by atoms with E-state index in [9.17, 15) is 9.59 Å². The molecule has 2 aromatic rings. The number of nitrogens with zero attached hydrogens (tertiary/aromatic N) is 1. The number of carbonyl (C=O) groups excluding carboxylic acids is 2. The average molecular weight is 360 g/mol. The fourth-order valence-corrected chi connectivity index (χ4v) is 2.53.